The van der Waals surface area contributed by atoms with E-state index in [1.807, 2.05) is 0 Å². The minimum atomic E-state index is -0.371. The zero-order valence-corrected chi connectivity index (χ0v) is 16.8. The van der Waals surface area contributed by atoms with E-state index in [1.165, 1.54) is 12.6 Å². The third-order valence-corrected chi connectivity index (χ3v) is 5.58. The number of nitrogens with one attached hydrogen (secondary N) is 2. The number of aromatic nitrogens is 4. The summed E-state index contributed by atoms with van der Waals surface area (Å²) in [5.41, 5.74) is 1.88. The van der Waals surface area contributed by atoms with Crippen LogP contribution in [0.5, 0.6) is 0 Å². The molecule has 2 N–H and O–H groups in total. The van der Waals surface area contributed by atoms with Crippen LogP contribution in [-0.2, 0) is 15.9 Å². The predicted octanol–water partition coefficient (Wildman–Crippen LogP) is 0.283. The molecule has 3 aliphatic rings. The molecule has 3 aliphatic heterocycles. The fraction of sp³-hybridized carbons (Fsp3) is 0.526. The number of nitrogens with zero attached hydrogens (tertiary/aromatic N) is 6. The number of carbonyl (C=O) groups is 1. The molecule has 11 heteroatoms. The Labute approximate surface area is 173 Å². The van der Waals surface area contributed by atoms with E-state index in [2.05, 4.69) is 30.4 Å². The van der Waals surface area contributed by atoms with Crippen molar-refractivity contribution in [2.24, 2.45) is 0 Å². The second-order valence-electron chi connectivity index (χ2n) is 7.40. The number of anilines is 3. The molecule has 1 unspecified atom stereocenters. The smallest absolute Gasteiger partial charge is 0.321 e. The summed E-state index contributed by atoms with van der Waals surface area (Å²) in [5.74, 6) is 2.73. The summed E-state index contributed by atoms with van der Waals surface area (Å²) >= 11 is 0. The van der Waals surface area contributed by atoms with Gasteiger partial charge in [-0.15, -0.1) is 0 Å². The fourth-order valence-electron chi connectivity index (χ4n) is 4.06. The minimum absolute atomic E-state index is 0.223. The topological polar surface area (TPSA) is 118 Å². The highest BCUT2D eigenvalue weighted by Crippen LogP contribution is 2.39. The van der Waals surface area contributed by atoms with Gasteiger partial charge in [0.2, 0.25) is 5.95 Å². The van der Waals surface area contributed by atoms with E-state index >= 15 is 0 Å². The van der Waals surface area contributed by atoms with Gasteiger partial charge >= 0.3 is 6.03 Å². The van der Waals surface area contributed by atoms with Crippen molar-refractivity contribution < 1.29 is 14.3 Å². The maximum atomic E-state index is 11.5. The van der Waals surface area contributed by atoms with Crippen molar-refractivity contribution in [2.75, 3.05) is 68.2 Å². The Bertz CT molecular complexity index is 932. The number of urea groups is 1. The Morgan fingerprint density at radius 3 is 2.57 bits per heavy atom. The molecule has 2 fully saturated rings. The number of hydrogen-bond acceptors (Lipinski definition) is 9. The first-order valence-electron chi connectivity index (χ1n) is 10.1. The first kappa shape index (κ1) is 18.9. The van der Waals surface area contributed by atoms with Crippen LogP contribution in [0.3, 0.4) is 0 Å². The van der Waals surface area contributed by atoms with Gasteiger partial charge in [-0.3, -0.25) is 5.32 Å². The number of morpholine rings is 2. The van der Waals surface area contributed by atoms with Gasteiger partial charge in [0, 0.05) is 51.1 Å². The Kier molecular flexibility index (Phi) is 5.05. The highest BCUT2D eigenvalue weighted by atomic mass is 16.5. The third kappa shape index (κ3) is 3.50. The van der Waals surface area contributed by atoms with E-state index < -0.39 is 0 Å². The molecule has 5 heterocycles. The van der Waals surface area contributed by atoms with E-state index in [0.29, 0.717) is 43.9 Å². The quantitative estimate of drug-likeness (QED) is 0.733. The Balaban J connectivity index is 1.52. The zero-order chi connectivity index (χ0) is 20.5. The number of hydrogen-bond donors (Lipinski definition) is 2. The van der Waals surface area contributed by atoms with Crippen molar-refractivity contribution in [3.8, 4) is 11.4 Å². The van der Waals surface area contributed by atoms with Crippen LogP contribution in [0.1, 0.15) is 5.56 Å². The van der Waals surface area contributed by atoms with E-state index in [1.54, 1.807) is 12.4 Å². The Hall–Kier alpha value is -3.05. The van der Waals surface area contributed by atoms with Crippen LogP contribution < -0.4 is 20.4 Å². The van der Waals surface area contributed by atoms with E-state index in [0.717, 1.165) is 37.7 Å². The van der Waals surface area contributed by atoms with Gasteiger partial charge in [-0.05, 0) is 0 Å². The summed E-state index contributed by atoms with van der Waals surface area (Å²) in [5, 5.41) is 5.03. The standard InChI is InChI=1S/C19H24N8O3/c1-20-19(28)25-18-21-9-12(10-22-18)15-23-16(26-2-5-29-6-3-26)14-8-13-11-30-7-4-27(13)17(14)24-15/h9-10,13H,2-8,11H2,1H3,(H2,20,21,22,25,28). The molecule has 0 spiro atoms. The number of fused-ring (bicyclic) bond motifs is 3. The van der Waals surface area contributed by atoms with Gasteiger partial charge in [0.05, 0.1) is 38.0 Å². The summed E-state index contributed by atoms with van der Waals surface area (Å²) in [6.45, 7) is 5.20. The highest BCUT2D eigenvalue weighted by molar-refractivity contribution is 5.87. The van der Waals surface area contributed by atoms with Gasteiger partial charge in [0.15, 0.2) is 5.82 Å². The second kappa shape index (κ2) is 8.00. The van der Waals surface area contributed by atoms with Crippen LogP contribution in [0.2, 0.25) is 0 Å². The molecule has 5 rings (SSSR count). The summed E-state index contributed by atoms with van der Waals surface area (Å²) in [4.78, 5) is 34.3. The fourth-order valence-corrected chi connectivity index (χ4v) is 4.06. The molecule has 0 bridgehead atoms. The molecule has 0 saturated carbocycles. The number of ether oxygens (including phenoxy) is 2. The Morgan fingerprint density at radius 1 is 1.07 bits per heavy atom. The van der Waals surface area contributed by atoms with Gasteiger partial charge in [-0.25, -0.2) is 24.7 Å². The molecule has 11 nitrogen and oxygen atoms in total. The van der Waals surface area contributed by atoms with Gasteiger partial charge in [0.1, 0.15) is 11.6 Å². The van der Waals surface area contributed by atoms with Gasteiger partial charge < -0.3 is 24.6 Å². The lowest BCUT2D eigenvalue weighted by molar-refractivity contribution is 0.0973. The highest BCUT2D eigenvalue weighted by Gasteiger charge is 2.37. The summed E-state index contributed by atoms with van der Waals surface area (Å²) < 4.78 is 11.2. The van der Waals surface area contributed by atoms with Gasteiger partial charge in [0.25, 0.3) is 0 Å². The molecule has 0 radical (unpaired) electrons. The van der Waals surface area contributed by atoms with Crippen molar-refractivity contribution in [3.63, 3.8) is 0 Å². The summed E-state index contributed by atoms with van der Waals surface area (Å²) in [7, 11) is 1.54. The van der Waals surface area contributed by atoms with Crippen molar-refractivity contribution in [1.82, 2.24) is 25.3 Å². The third-order valence-electron chi connectivity index (χ3n) is 5.58. The van der Waals surface area contributed by atoms with Gasteiger partial charge in [-0.1, -0.05) is 0 Å². The van der Waals surface area contributed by atoms with Crippen LogP contribution in [-0.4, -0.2) is 85.1 Å². The molecule has 2 saturated heterocycles. The molecular weight excluding hydrogens is 388 g/mol. The summed E-state index contributed by atoms with van der Waals surface area (Å²) in [6.07, 6.45) is 4.15. The average molecular weight is 412 g/mol. The Morgan fingerprint density at radius 2 is 1.80 bits per heavy atom. The second-order valence-corrected chi connectivity index (χ2v) is 7.40. The molecule has 2 amide bonds. The average Bonchev–Trinajstić information content (AvgIpc) is 3.18. The predicted molar refractivity (Wildman–Crippen MR) is 110 cm³/mol. The minimum Gasteiger partial charge on any atom is -0.378 e. The van der Waals surface area contributed by atoms with Crippen molar-refractivity contribution >= 4 is 23.6 Å². The molecular formula is C19H24N8O3. The van der Waals surface area contributed by atoms with Crippen molar-refractivity contribution in [2.45, 2.75) is 12.5 Å². The SMILES string of the molecule is CNC(=O)Nc1ncc(-c2nc(N3CCOCC3)c3c(n2)N2CCOCC2C3)cn1. The monoisotopic (exact) mass is 412 g/mol. The molecule has 0 aromatic carbocycles. The molecule has 158 valence electrons. The molecule has 2 aromatic heterocycles. The molecule has 1 atom stereocenters. The largest absolute Gasteiger partial charge is 0.378 e. The van der Waals surface area contributed by atoms with Crippen LogP contribution >= 0.6 is 0 Å². The number of rotatable bonds is 3. The van der Waals surface area contributed by atoms with E-state index in [-0.39, 0.29) is 12.0 Å². The van der Waals surface area contributed by atoms with Crippen LogP contribution in [0.25, 0.3) is 11.4 Å². The van der Waals surface area contributed by atoms with E-state index in [4.69, 9.17) is 19.4 Å². The first-order valence-corrected chi connectivity index (χ1v) is 10.1. The lowest BCUT2D eigenvalue weighted by Crippen LogP contribution is -2.43. The number of carbonyl (C=O) groups excluding carboxylic acids is 1. The van der Waals surface area contributed by atoms with Crippen molar-refractivity contribution in [3.05, 3.63) is 18.0 Å². The van der Waals surface area contributed by atoms with E-state index in [9.17, 15) is 4.79 Å². The lowest BCUT2D eigenvalue weighted by Gasteiger charge is -2.31. The molecule has 30 heavy (non-hydrogen) atoms. The first-order chi connectivity index (χ1) is 14.7. The van der Waals surface area contributed by atoms with Crippen LogP contribution in [0.4, 0.5) is 22.4 Å². The molecule has 2 aromatic rings. The normalized spacial score (nSPS) is 20.5. The summed E-state index contributed by atoms with van der Waals surface area (Å²) in [6, 6.07) is -0.0713. The maximum absolute atomic E-state index is 11.5. The van der Waals surface area contributed by atoms with Crippen LogP contribution in [0, 0.1) is 0 Å². The zero-order valence-electron chi connectivity index (χ0n) is 16.8. The maximum Gasteiger partial charge on any atom is 0.321 e. The van der Waals surface area contributed by atoms with Gasteiger partial charge in [-0.2, -0.15) is 0 Å². The lowest BCUT2D eigenvalue weighted by atomic mass is 10.1. The number of amides is 2. The van der Waals surface area contributed by atoms with Crippen LogP contribution in [0.15, 0.2) is 12.4 Å². The van der Waals surface area contributed by atoms with Crippen molar-refractivity contribution in [1.29, 1.82) is 0 Å². The molecule has 0 aliphatic carbocycles.